The SMILES string of the molecule is C=C1C=CC(=C)OP(=O)(Oc2ccccc2)c2ccc3c(c2)C(=C)C(CC)(C1)[n+]1cc2ccc(CCCC)cc2cc1-3. The summed E-state index contributed by atoms with van der Waals surface area (Å²) in [5.41, 5.74) is 5.82. The van der Waals surface area contributed by atoms with Crippen molar-refractivity contribution in [1.29, 1.82) is 0 Å². The Balaban J connectivity index is 1.60. The fourth-order valence-corrected chi connectivity index (χ4v) is 7.80. The summed E-state index contributed by atoms with van der Waals surface area (Å²) in [6.07, 6.45) is 10.8. The van der Waals surface area contributed by atoms with Crippen LogP contribution in [0.4, 0.5) is 0 Å². The molecule has 0 aliphatic carbocycles. The van der Waals surface area contributed by atoms with Gasteiger partial charge in [0, 0.05) is 29.9 Å². The van der Waals surface area contributed by atoms with Crippen LogP contribution in [-0.2, 0) is 21.0 Å². The molecular formula is C37H37NO3P+. The highest BCUT2D eigenvalue weighted by molar-refractivity contribution is 7.62. The minimum Gasteiger partial charge on any atom is -0.413 e. The van der Waals surface area contributed by atoms with E-state index in [2.05, 4.69) is 68.6 Å². The summed E-state index contributed by atoms with van der Waals surface area (Å²) in [7, 11) is -3.87. The van der Waals surface area contributed by atoms with E-state index < -0.39 is 13.1 Å². The van der Waals surface area contributed by atoms with E-state index in [0.29, 0.717) is 17.5 Å². The molecule has 0 radical (unpaired) electrons. The van der Waals surface area contributed by atoms with Crippen molar-refractivity contribution in [3.8, 4) is 17.0 Å². The molecule has 212 valence electrons. The maximum absolute atomic E-state index is 14.5. The number of fused-ring (bicyclic) bond motifs is 6. The Morgan fingerprint density at radius 1 is 0.929 bits per heavy atom. The molecule has 0 saturated carbocycles. The summed E-state index contributed by atoms with van der Waals surface area (Å²) in [6.45, 7) is 17.5. The molecule has 3 aromatic carbocycles. The molecule has 4 nitrogen and oxygen atoms in total. The van der Waals surface area contributed by atoms with Crippen molar-refractivity contribution in [3.63, 3.8) is 0 Å². The Hall–Kier alpha value is -4.14. The van der Waals surface area contributed by atoms with Gasteiger partial charge in [-0.3, -0.25) is 0 Å². The lowest BCUT2D eigenvalue weighted by Gasteiger charge is -2.36. The molecule has 6 rings (SSSR count). The van der Waals surface area contributed by atoms with E-state index in [9.17, 15) is 4.57 Å². The largest absolute Gasteiger partial charge is 0.462 e. The van der Waals surface area contributed by atoms with Crippen molar-refractivity contribution in [2.45, 2.75) is 51.5 Å². The Bertz CT molecular complexity index is 1820. The number of rotatable bonds is 6. The summed E-state index contributed by atoms with van der Waals surface area (Å²) >= 11 is 0. The molecule has 5 heteroatoms. The molecule has 2 aliphatic heterocycles. The molecule has 0 amide bonds. The van der Waals surface area contributed by atoms with Gasteiger partial charge < -0.3 is 9.05 Å². The fourth-order valence-electron chi connectivity index (χ4n) is 6.24. The number of unbranched alkanes of at least 4 members (excludes halogenated alkanes) is 1. The molecule has 2 aliphatic rings. The van der Waals surface area contributed by atoms with E-state index in [0.717, 1.165) is 40.8 Å². The minimum absolute atomic E-state index is 0.248. The first-order chi connectivity index (χ1) is 20.3. The molecule has 1 aromatic heterocycles. The molecule has 2 unspecified atom stereocenters. The highest BCUT2D eigenvalue weighted by atomic mass is 31.2. The standard InChI is InChI=1S/C37H37NO3P/c1-6-8-12-29-17-18-30-25-38-36(22-31(30)21-29)34-20-19-33-23-35(34)28(5)37(38,7-2)24-26(3)15-16-27(4)40-42(33,39)41-32-13-10-9-11-14-32/h9-11,13-23,25H,3-8,12,24H2,1-2H3/q+1. The first kappa shape index (κ1) is 28.0. The normalized spacial score (nSPS) is 21.4. The predicted molar refractivity (Wildman–Crippen MR) is 173 cm³/mol. The van der Waals surface area contributed by atoms with Crippen molar-refractivity contribution in [2.24, 2.45) is 0 Å². The number of allylic oxidation sites excluding steroid dienone is 4. The molecule has 0 saturated heterocycles. The van der Waals surface area contributed by atoms with Gasteiger partial charge in [0.2, 0.25) is 5.69 Å². The van der Waals surface area contributed by atoms with Crippen LogP contribution in [0.15, 0.2) is 122 Å². The lowest BCUT2D eigenvalue weighted by atomic mass is 9.73. The van der Waals surface area contributed by atoms with E-state index in [1.807, 2.05) is 42.5 Å². The number of aryl methyl sites for hydroxylation is 1. The third-order valence-electron chi connectivity index (χ3n) is 8.55. The third-order valence-corrected chi connectivity index (χ3v) is 10.4. The second kappa shape index (κ2) is 10.9. The number of aromatic nitrogens is 1. The number of para-hydroxylation sites is 1. The zero-order valence-corrected chi connectivity index (χ0v) is 25.3. The Morgan fingerprint density at radius 3 is 2.50 bits per heavy atom. The number of nitrogens with zero attached hydrogens (tertiary/aromatic N) is 1. The first-order valence-corrected chi connectivity index (χ1v) is 16.2. The lowest BCUT2D eigenvalue weighted by Crippen LogP contribution is -2.59. The fraction of sp³-hybridized carbons (Fsp3) is 0.216. The van der Waals surface area contributed by atoms with Gasteiger partial charge in [-0.25, -0.2) is 4.57 Å². The van der Waals surface area contributed by atoms with Crippen molar-refractivity contribution < 1.29 is 18.2 Å². The van der Waals surface area contributed by atoms with E-state index in [4.69, 9.17) is 9.05 Å². The van der Waals surface area contributed by atoms with Crippen LogP contribution in [-0.4, -0.2) is 0 Å². The van der Waals surface area contributed by atoms with Crippen LogP contribution in [0.5, 0.6) is 5.75 Å². The predicted octanol–water partition coefficient (Wildman–Crippen LogP) is 9.21. The van der Waals surface area contributed by atoms with Crippen LogP contribution >= 0.6 is 7.60 Å². The maximum atomic E-state index is 14.5. The van der Waals surface area contributed by atoms with Crippen LogP contribution in [0, 0.1) is 0 Å². The summed E-state index contributed by atoms with van der Waals surface area (Å²) < 4.78 is 29.1. The molecule has 3 bridgehead atoms. The van der Waals surface area contributed by atoms with Gasteiger partial charge >= 0.3 is 7.60 Å². The van der Waals surface area contributed by atoms with Crippen LogP contribution in [0.25, 0.3) is 27.6 Å². The van der Waals surface area contributed by atoms with Crippen LogP contribution in [0.2, 0.25) is 0 Å². The highest BCUT2D eigenvalue weighted by Crippen LogP contribution is 2.52. The number of benzene rings is 3. The molecule has 3 heterocycles. The molecule has 0 spiro atoms. The Kier molecular flexibility index (Phi) is 7.29. The quantitative estimate of drug-likeness (QED) is 0.170. The topological polar surface area (TPSA) is 39.4 Å². The summed E-state index contributed by atoms with van der Waals surface area (Å²) in [4.78, 5) is 0. The van der Waals surface area contributed by atoms with Crippen LogP contribution in [0.1, 0.15) is 50.7 Å². The smallest absolute Gasteiger partial charge is 0.413 e. The molecular weight excluding hydrogens is 537 g/mol. The Labute approximate surface area is 248 Å². The molecule has 2 atom stereocenters. The molecule has 4 aromatic rings. The molecule has 0 fully saturated rings. The molecule has 42 heavy (non-hydrogen) atoms. The average Bonchev–Trinajstić information content (AvgIpc) is 3.00. The van der Waals surface area contributed by atoms with Gasteiger partial charge in [0.15, 0.2) is 11.7 Å². The summed E-state index contributed by atoms with van der Waals surface area (Å²) in [5, 5.41) is 2.86. The van der Waals surface area contributed by atoms with Gasteiger partial charge in [0.1, 0.15) is 11.5 Å². The van der Waals surface area contributed by atoms with Crippen molar-refractivity contribution in [2.75, 3.05) is 0 Å². The summed E-state index contributed by atoms with van der Waals surface area (Å²) in [5.74, 6) is 0.706. The van der Waals surface area contributed by atoms with Gasteiger partial charge in [-0.15, -0.1) is 0 Å². The summed E-state index contributed by atoms with van der Waals surface area (Å²) in [6, 6.07) is 24.0. The van der Waals surface area contributed by atoms with Gasteiger partial charge in [-0.1, -0.05) is 76.4 Å². The minimum atomic E-state index is -3.87. The molecule has 0 N–H and O–H groups in total. The van der Waals surface area contributed by atoms with E-state index in [1.54, 1.807) is 18.2 Å². The van der Waals surface area contributed by atoms with Crippen molar-refractivity contribution >= 4 is 29.2 Å². The number of pyridine rings is 1. The van der Waals surface area contributed by atoms with Crippen molar-refractivity contribution in [1.82, 2.24) is 0 Å². The van der Waals surface area contributed by atoms with Crippen molar-refractivity contribution in [3.05, 3.63) is 133 Å². The number of hydrogen-bond donors (Lipinski definition) is 0. The first-order valence-electron chi connectivity index (χ1n) is 14.7. The third kappa shape index (κ3) is 4.84. The second-order valence-corrected chi connectivity index (χ2v) is 13.2. The van der Waals surface area contributed by atoms with Crippen LogP contribution in [0.3, 0.4) is 0 Å². The monoisotopic (exact) mass is 574 g/mol. The van der Waals surface area contributed by atoms with E-state index in [1.165, 1.54) is 29.2 Å². The lowest BCUT2D eigenvalue weighted by molar-refractivity contribution is -0.739. The van der Waals surface area contributed by atoms with Gasteiger partial charge in [0.05, 0.1) is 10.9 Å². The second-order valence-electron chi connectivity index (χ2n) is 11.3. The van der Waals surface area contributed by atoms with Gasteiger partial charge in [-0.2, -0.15) is 4.57 Å². The highest BCUT2D eigenvalue weighted by Gasteiger charge is 2.49. The van der Waals surface area contributed by atoms with Crippen LogP contribution < -0.4 is 14.4 Å². The van der Waals surface area contributed by atoms with Gasteiger partial charge in [-0.05, 0) is 77.4 Å². The zero-order valence-electron chi connectivity index (χ0n) is 24.4. The van der Waals surface area contributed by atoms with E-state index >= 15 is 0 Å². The van der Waals surface area contributed by atoms with Gasteiger partial charge in [0.25, 0.3) is 0 Å². The number of hydrogen-bond acceptors (Lipinski definition) is 3. The maximum Gasteiger partial charge on any atom is 0.462 e. The Morgan fingerprint density at radius 2 is 1.74 bits per heavy atom. The average molecular weight is 575 g/mol. The zero-order chi connectivity index (χ0) is 29.5. The van der Waals surface area contributed by atoms with E-state index in [-0.39, 0.29) is 5.76 Å².